The molecule has 2 atom stereocenters. The van der Waals surface area contributed by atoms with Crippen molar-refractivity contribution in [3.63, 3.8) is 0 Å². The van der Waals surface area contributed by atoms with Crippen LogP contribution >= 0.6 is 0 Å². The minimum atomic E-state index is 0.306. The van der Waals surface area contributed by atoms with Gasteiger partial charge in [0.05, 0.1) is 0 Å². The predicted octanol–water partition coefficient (Wildman–Crippen LogP) is 2.12. The van der Waals surface area contributed by atoms with Crippen LogP contribution in [0.15, 0.2) is 11.6 Å². The molecule has 1 amide bonds. The lowest BCUT2D eigenvalue weighted by Crippen LogP contribution is -2.51. The fourth-order valence-corrected chi connectivity index (χ4v) is 4.59. The summed E-state index contributed by atoms with van der Waals surface area (Å²) in [6.07, 6.45) is 5.60. The molecule has 1 aliphatic heterocycles. The highest BCUT2D eigenvalue weighted by Crippen LogP contribution is 2.59. The van der Waals surface area contributed by atoms with Crippen LogP contribution in [0.5, 0.6) is 0 Å². The lowest BCUT2D eigenvalue weighted by molar-refractivity contribution is -0.131. The summed E-state index contributed by atoms with van der Waals surface area (Å²) in [5.41, 5.74) is 1.98. The SMILES string of the molecule is CCC(=O)N(CCN1CCNCC1)CC1=CC[C@@H]2C[C@H]1C2(C)C. The number of piperazine rings is 1. The number of carbonyl (C=O) groups is 1. The molecule has 1 heterocycles. The maximum absolute atomic E-state index is 12.4. The van der Waals surface area contributed by atoms with Crippen molar-refractivity contribution < 1.29 is 4.79 Å². The average Bonchev–Trinajstić information content (AvgIpc) is 2.58. The number of hydrogen-bond acceptors (Lipinski definition) is 3. The lowest BCUT2D eigenvalue weighted by atomic mass is 9.49. The van der Waals surface area contributed by atoms with Gasteiger partial charge in [-0.15, -0.1) is 0 Å². The van der Waals surface area contributed by atoms with Crippen LogP contribution in [0.2, 0.25) is 0 Å². The van der Waals surface area contributed by atoms with E-state index in [1.807, 2.05) is 6.92 Å². The Morgan fingerprint density at radius 1 is 1.39 bits per heavy atom. The summed E-state index contributed by atoms with van der Waals surface area (Å²) in [5, 5.41) is 3.39. The molecule has 4 aliphatic rings. The zero-order valence-corrected chi connectivity index (χ0v) is 15.1. The van der Waals surface area contributed by atoms with Crippen LogP contribution < -0.4 is 5.32 Å². The first-order chi connectivity index (χ1) is 11.0. The van der Waals surface area contributed by atoms with Gasteiger partial charge in [0.1, 0.15) is 0 Å². The monoisotopic (exact) mass is 319 g/mol. The van der Waals surface area contributed by atoms with Gasteiger partial charge in [0.2, 0.25) is 5.91 Å². The largest absolute Gasteiger partial charge is 0.337 e. The molecule has 0 aromatic heterocycles. The molecule has 0 spiro atoms. The van der Waals surface area contributed by atoms with Crippen molar-refractivity contribution in [3.8, 4) is 0 Å². The molecule has 4 heteroatoms. The van der Waals surface area contributed by atoms with Crippen LogP contribution in [0.25, 0.3) is 0 Å². The summed E-state index contributed by atoms with van der Waals surface area (Å²) in [6, 6.07) is 0. The maximum atomic E-state index is 12.4. The van der Waals surface area contributed by atoms with Crippen LogP contribution in [0.3, 0.4) is 0 Å². The van der Waals surface area contributed by atoms with E-state index in [4.69, 9.17) is 0 Å². The summed E-state index contributed by atoms with van der Waals surface area (Å²) >= 11 is 0. The molecule has 23 heavy (non-hydrogen) atoms. The number of carbonyl (C=O) groups excluding carboxylic acids is 1. The standard InChI is InChI=1S/C19H33N3O/c1-4-18(23)22(12-11-21-9-7-20-8-10-21)14-15-5-6-16-13-17(15)19(16,2)3/h5,16-17,20H,4,6-14H2,1-3H3/t16-,17-/m1/s1. The van der Waals surface area contributed by atoms with Gasteiger partial charge >= 0.3 is 0 Å². The van der Waals surface area contributed by atoms with Gasteiger partial charge in [-0.1, -0.05) is 32.4 Å². The first kappa shape index (κ1) is 17.0. The van der Waals surface area contributed by atoms with Crippen LogP contribution in [-0.4, -0.2) is 61.5 Å². The van der Waals surface area contributed by atoms with Crippen molar-refractivity contribution in [1.82, 2.24) is 15.1 Å². The Morgan fingerprint density at radius 3 is 2.74 bits per heavy atom. The van der Waals surface area contributed by atoms with Gasteiger partial charge in [-0.25, -0.2) is 0 Å². The molecule has 2 fully saturated rings. The summed E-state index contributed by atoms with van der Waals surface area (Å²) in [4.78, 5) is 17.0. The number of nitrogens with zero attached hydrogens (tertiary/aromatic N) is 2. The predicted molar refractivity (Wildman–Crippen MR) is 94.3 cm³/mol. The zero-order valence-electron chi connectivity index (χ0n) is 15.1. The Bertz CT molecular complexity index is 465. The summed E-state index contributed by atoms with van der Waals surface area (Å²) in [5.74, 6) is 1.88. The summed E-state index contributed by atoms with van der Waals surface area (Å²) < 4.78 is 0. The number of amides is 1. The molecule has 4 rings (SSSR count). The van der Waals surface area contributed by atoms with E-state index >= 15 is 0 Å². The molecule has 1 N–H and O–H groups in total. The molecule has 0 aromatic rings. The van der Waals surface area contributed by atoms with Crippen molar-refractivity contribution in [2.45, 2.75) is 40.0 Å². The number of rotatable bonds is 6. The van der Waals surface area contributed by atoms with E-state index in [9.17, 15) is 4.79 Å². The molecule has 3 aliphatic carbocycles. The Hall–Kier alpha value is -0.870. The maximum Gasteiger partial charge on any atom is 0.222 e. The third-order valence-corrected chi connectivity index (χ3v) is 6.51. The second-order valence-corrected chi connectivity index (χ2v) is 8.08. The van der Waals surface area contributed by atoms with E-state index < -0.39 is 0 Å². The molecule has 1 saturated heterocycles. The number of fused-ring (bicyclic) bond motifs is 1. The second kappa shape index (κ2) is 6.94. The highest BCUT2D eigenvalue weighted by molar-refractivity contribution is 5.76. The van der Waals surface area contributed by atoms with E-state index in [-0.39, 0.29) is 0 Å². The van der Waals surface area contributed by atoms with Crippen LogP contribution in [0.4, 0.5) is 0 Å². The van der Waals surface area contributed by atoms with E-state index in [0.29, 0.717) is 23.7 Å². The fourth-order valence-electron chi connectivity index (χ4n) is 4.59. The lowest BCUT2D eigenvalue weighted by Gasteiger charge is -2.57. The van der Waals surface area contributed by atoms with Crippen molar-refractivity contribution >= 4 is 5.91 Å². The van der Waals surface area contributed by atoms with Gasteiger partial charge in [0, 0.05) is 52.2 Å². The molecule has 1 saturated carbocycles. The van der Waals surface area contributed by atoms with Gasteiger partial charge in [0.25, 0.3) is 0 Å². The Morgan fingerprint density at radius 2 is 2.13 bits per heavy atom. The highest BCUT2D eigenvalue weighted by atomic mass is 16.2. The normalized spacial score (nSPS) is 29.6. The van der Waals surface area contributed by atoms with Crippen molar-refractivity contribution in [3.05, 3.63) is 11.6 Å². The first-order valence-corrected chi connectivity index (χ1v) is 9.42. The van der Waals surface area contributed by atoms with Crippen LogP contribution in [0, 0.1) is 17.3 Å². The first-order valence-electron chi connectivity index (χ1n) is 9.42. The minimum absolute atomic E-state index is 0.306. The van der Waals surface area contributed by atoms with Crippen molar-refractivity contribution in [1.29, 1.82) is 0 Å². The molecule has 0 aromatic carbocycles. The number of allylic oxidation sites excluding steroid dienone is 1. The summed E-state index contributed by atoms with van der Waals surface area (Å²) in [7, 11) is 0. The zero-order chi connectivity index (χ0) is 16.4. The van der Waals surface area contributed by atoms with Crippen molar-refractivity contribution in [2.75, 3.05) is 45.8 Å². The Kier molecular flexibility index (Phi) is 5.12. The van der Waals surface area contributed by atoms with E-state index in [1.54, 1.807) is 0 Å². The third kappa shape index (κ3) is 3.48. The highest BCUT2D eigenvalue weighted by Gasteiger charge is 2.51. The van der Waals surface area contributed by atoms with E-state index in [2.05, 4.69) is 35.0 Å². The number of nitrogens with one attached hydrogen (secondary N) is 1. The molecule has 4 nitrogen and oxygen atoms in total. The number of hydrogen-bond donors (Lipinski definition) is 1. The van der Waals surface area contributed by atoms with Crippen LogP contribution in [-0.2, 0) is 4.79 Å². The van der Waals surface area contributed by atoms with E-state index in [0.717, 1.165) is 51.7 Å². The molecule has 0 unspecified atom stereocenters. The van der Waals surface area contributed by atoms with Crippen molar-refractivity contribution in [2.24, 2.45) is 17.3 Å². The van der Waals surface area contributed by atoms with Gasteiger partial charge in [0.15, 0.2) is 0 Å². The smallest absolute Gasteiger partial charge is 0.222 e. The molecule has 130 valence electrons. The Balaban J connectivity index is 1.58. The Labute approximate surface area is 141 Å². The quantitative estimate of drug-likeness (QED) is 0.762. The average molecular weight is 319 g/mol. The topological polar surface area (TPSA) is 35.6 Å². The minimum Gasteiger partial charge on any atom is -0.337 e. The van der Waals surface area contributed by atoms with Gasteiger partial charge in [-0.2, -0.15) is 0 Å². The molecule has 2 bridgehead atoms. The van der Waals surface area contributed by atoms with E-state index in [1.165, 1.54) is 18.4 Å². The van der Waals surface area contributed by atoms with Gasteiger partial charge in [-0.3, -0.25) is 9.69 Å². The second-order valence-electron chi connectivity index (χ2n) is 8.08. The van der Waals surface area contributed by atoms with Crippen LogP contribution in [0.1, 0.15) is 40.0 Å². The molecular formula is C19H33N3O. The molecular weight excluding hydrogens is 286 g/mol. The van der Waals surface area contributed by atoms with Gasteiger partial charge in [-0.05, 0) is 30.1 Å². The fraction of sp³-hybridized carbons (Fsp3) is 0.842. The third-order valence-electron chi connectivity index (χ3n) is 6.51. The molecule has 0 radical (unpaired) electrons. The van der Waals surface area contributed by atoms with Gasteiger partial charge < -0.3 is 10.2 Å². The summed E-state index contributed by atoms with van der Waals surface area (Å²) in [6.45, 7) is 13.9.